The first-order chi connectivity index (χ1) is 15.7. The second-order valence-electron chi connectivity index (χ2n) is 8.16. The van der Waals surface area contributed by atoms with Crippen LogP contribution in [0, 0.1) is 0 Å². The number of carbonyl (C=O) groups is 3. The van der Waals surface area contributed by atoms with Gasteiger partial charge in [-0.3, -0.25) is 9.59 Å². The average Bonchev–Trinajstić information content (AvgIpc) is 3.20. The number of carbonyl (C=O) groups excluding carboxylic acids is 3. The number of fused-ring (bicyclic) bond motifs is 1. The number of rotatable bonds is 7. The number of benzene rings is 1. The molecule has 0 aromatic heterocycles. The Morgan fingerprint density at radius 3 is 2.48 bits per heavy atom. The van der Waals surface area contributed by atoms with Gasteiger partial charge in [0.2, 0.25) is 11.8 Å². The van der Waals surface area contributed by atoms with Crippen LogP contribution < -0.4 is 10.2 Å². The summed E-state index contributed by atoms with van der Waals surface area (Å²) in [7, 11) is -3.75. The van der Waals surface area contributed by atoms with Crippen LogP contribution in [-0.2, 0) is 30.6 Å². The molecular formula is C22H30BrN3O6S. The fraction of sp³-hybridized carbons (Fsp3) is 0.591. The molecule has 11 heteroatoms. The first kappa shape index (κ1) is 25.5. The number of hydrogen-bond donors (Lipinski definition) is 1. The third-order valence-corrected chi connectivity index (χ3v) is 8.62. The topological polar surface area (TPSA) is 113 Å². The van der Waals surface area contributed by atoms with E-state index in [0.717, 1.165) is 5.56 Å². The molecule has 3 rings (SSSR count). The van der Waals surface area contributed by atoms with E-state index in [-0.39, 0.29) is 41.0 Å². The number of halogens is 1. The second kappa shape index (κ2) is 10.9. The molecule has 0 radical (unpaired) electrons. The van der Waals surface area contributed by atoms with E-state index in [1.807, 2.05) is 0 Å². The number of nitrogens with zero attached hydrogens (tertiary/aromatic N) is 2. The molecule has 2 aliphatic heterocycles. The molecule has 1 aromatic carbocycles. The molecule has 2 aliphatic rings. The Kier molecular flexibility index (Phi) is 8.38. The number of nitrogens with one attached hydrogen (secondary N) is 1. The largest absolute Gasteiger partial charge is 0.450 e. The number of sulfone groups is 1. The van der Waals surface area contributed by atoms with Crippen LogP contribution in [-0.4, -0.2) is 69.3 Å². The lowest BCUT2D eigenvalue weighted by Gasteiger charge is -2.31. The minimum atomic E-state index is -3.75. The van der Waals surface area contributed by atoms with Crippen LogP contribution in [0.4, 0.5) is 10.5 Å². The lowest BCUT2D eigenvalue weighted by Crippen LogP contribution is -2.46. The van der Waals surface area contributed by atoms with Crippen molar-refractivity contribution >= 4 is 49.4 Å². The number of piperidine rings is 1. The van der Waals surface area contributed by atoms with E-state index in [0.29, 0.717) is 62.1 Å². The average molecular weight is 544 g/mol. The van der Waals surface area contributed by atoms with Crippen LogP contribution in [0.15, 0.2) is 21.5 Å². The number of amides is 3. The summed E-state index contributed by atoms with van der Waals surface area (Å²) in [6, 6.07) is 3.19. The molecule has 1 saturated heterocycles. The predicted octanol–water partition coefficient (Wildman–Crippen LogP) is 2.65. The molecule has 182 valence electrons. The van der Waals surface area contributed by atoms with E-state index in [1.54, 1.807) is 35.8 Å². The fourth-order valence-corrected chi connectivity index (χ4v) is 6.59. The molecule has 0 aliphatic carbocycles. The molecule has 0 saturated carbocycles. The van der Waals surface area contributed by atoms with Gasteiger partial charge in [-0.15, -0.1) is 0 Å². The van der Waals surface area contributed by atoms with Crippen molar-refractivity contribution in [1.29, 1.82) is 0 Å². The maximum absolute atomic E-state index is 13.0. The van der Waals surface area contributed by atoms with E-state index in [9.17, 15) is 22.8 Å². The molecule has 3 amide bonds. The summed E-state index contributed by atoms with van der Waals surface area (Å²) in [4.78, 5) is 39.7. The summed E-state index contributed by atoms with van der Waals surface area (Å²) in [5, 5.41) is 2.87. The number of hydrogen-bond acceptors (Lipinski definition) is 6. The van der Waals surface area contributed by atoms with Crippen LogP contribution in [0.1, 0.15) is 45.1 Å². The van der Waals surface area contributed by atoms with Gasteiger partial charge in [0.25, 0.3) is 0 Å². The van der Waals surface area contributed by atoms with Gasteiger partial charge in [-0.25, -0.2) is 13.2 Å². The summed E-state index contributed by atoms with van der Waals surface area (Å²) in [5.74, 6) is -0.722. The Labute approximate surface area is 202 Å². The highest BCUT2D eigenvalue weighted by molar-refractivity contribution is 9.10. The fourth-order valence-electron chi connectivity index (χ4n) is 4.13. The van der Waals surface area contributed by atoms with Gasteiger partial charge in [0, 0.05) is 48.7 Å². The smallest absolute Gasteiger partial charge is 0.409 e. The zero-order chi connectivity index (χ0) is 24.2. The molecule has 9 nitrogen and oxygen atoms in total. The predicted molar refractivity (Wildman–Crippen MR) is 127 cm³/mol. The number of ether oxygens (including phenoxy) is 1. The van der Waals surface area contributed by atoms with Crippen LogP contribution in [0.25, 0.3) is 0 Å². The monoisotopic (exact) mass is 543 g/mol. The Hall–Kier alpha value is -2.14. The van der Waals surface area contributed by atoms with E-state index in [4.69, 9.17) is 4.74 Å². The van der Waals surface area contributed by atoms with Crippen molar-refractivity contribution in [2.75, 3.05) is 36.9 Å². The lowest BCUT2D eigenvalue weighted by atomic mass is 10.1. The maximum Gasteiger partial charge on any atom is 0.409 e. The van der Waals surface area contributed by atoms with E-state index < -0.39 is 9.84 Å². The van der Waals surface area contributed by atoms with Crippen molar-refractivity contribution in [2.45, 2.75) is 56.9 Å². The van der Waals surface area contributed by atoms with Crippen LogP contribution >= 0.6 is 15.9 Å². The minimum absolute atomic E-state index is 0.0483. The molecule has 0 unspecified atom stereocenters. The summed E-state index contributed by atoms with van der Waals surface area (Å²) >= 11 is 3.35. The first-order valence-corrected chi connectivity index (χ1v) is 13.7. The van der Waals surface area contributed by atoms with Gasteiger partial charge < -0.3 is 19.9 Å². The Bertz CT molecular complexity index is 1020. The summed E-state index contributed by atoms with van der Waals surface area (Å²) in [6.07, 6.45) is 1.69. The molecule has 0 spiro atoms. The summed E-state index contributed by atoms with van der Waals surface area (Å²) < 4.78 is 31.4. The lowest BCUT2D eigenvalue weighted by molar-refractivity contribution is -0.121. The van der Waals surface area contributed by atoms with E-state index in [2.05, 4.69) is 21.2 Å². The van der Waals surface area contributed by atoms with Crippen molar-refractivity contribution in [1.82, 2.24) is 10.2 Å². The van der Waals surface area contributed by atoms with Gasteiger partial charge in [0.1, 0.15) is 0 Å². The van der Waals surface area contributed by atoms with Gasteiger partial charge in [-0.2, -0.15) is 0 Å². The molecule has 0 bridgehead atoms. The van der Waals surface area contributed by atoms with Crippen molar-refractivity contribution < 1.29 is 27.5 Å². The Morgan fingerprint density at radius 1 is 1.15 bits per heavy atom. The highest BCUT2D eigenvalue weighted by atomic mass is 79.9. The summed E-state index contributed by atoms with van der Waals surface area (Å²) in [5.41, 5.74) is 1.55. The van der Waals surface area contributed by atoms with Crippen LogP contribution in [0.2, 0.25) is 0 Å². The molecular weight excluding hydrogens is 514 g/mol. The van der Waals surface area contributed by atoms with Crippen molar-refractivity contribution in [3.05, 3.63) is 22.2 Å². The minimum Gasteiger partial charge on any atom is -0.450 e. The van der Waals surface area contributed by atoms with Crippen LogP contribution in [0.3, 0.4) is 0 Å². The third kappa shape index (κ3) is 6.06. The zero-order valence-corrected chi connectivity index (χ0v) is 21.3. The van der Waals surface area contributed by atoms with Gasteiger partial charge in [-0.05, 0) is 59.8 Å². The van der Waals surface area contributed by atoms with E-state index in [1.165, 1.54) is 0 Å². The normalized spacial score (nSPS) is 16.5. The number of anilines is 1. The van der Waals surface area contributed by atoms with Gasteiger partial charge in [0.15, 0.2) is 9.84 Å². The van der Waals surface area contributed by atoms with Crippen molar-refractivity contribution in [3.8, 4) is 0 Å². The molecule has 1 N–H and O–H groups in total. The summed E-state index contributed by atoms with van der Waals surface area (Å²) in [6.45, 7) is 5.35. The second-order valence-corrected chi connectivity index (χ2v) is 11.1. The third-order valence-electron chi connectivity index (χ3n) is 5.95. The SMILES string of the molecule is CCOC(=O)N1CCC(NC(=O)CCS(=O)(=O)c2cc3c(cc2Br)CCN3C(=O)CC)CC1. The molecule has 2 heterocycles. The van der Waals surface area contributed by atoms with Crippen molar-refractivity contribution in [2.24, 2.45) is 0 Å². The zero-order valence-electron chi connectivity index (χ0n) is 18.9. The maximum atomic E-state index is 13.0. The Morgan fingerprint density at radius 2 is 1.85 bits per heavy atom. The number of likely N-dealkylation sites (tertiary alicyclic amines) is 1. The highest BCUT2D eigenvalue weighted by Gasteiger charge is 2.29. The van der Waals surface area contributed by atoms with Gasteiger partial charge >= 0.3 is 6.09 Å². The van der Waals surface area contributed by atoms with Gasteiger partial charge in [0.05, 0.1) is 17.3 Å². The molecule has 1 aromatic rings. The van der Waals surface area contributed by atoms with Gasteiger partial charge in [-0.1, -0.05) is 6.92 Å². The highest BCUT2D eigenvalue weighted by Crippen LogP contribution is 2.36. The molecule has 0 atom stereocenters. The first-order valence-electron chi connectivity index (χ1n) is 11.2. The van der Waals surface area contributed by atoms with Crippen LogP contribution in [0.5, 0.6) is 0 Å². The Balaban J connectivity index is 1.58. The standard InChI is InChI=1S/C22H30BrN3O6S/c1-3-21(28)26-11-5-15-13-17(23)19(14-18(15)26)33(30,31)12-8-20(27)24-16-6-9-25(10-7-16)22(29)32-4-2/h13-14,16H,3-12H2,1-2H3,(H,24,27). The quantitative estimate of drug-likeness (QED) is 0.565. The molecule has 33 heavy (non-hydrogen) atoms. The molecule has 1 fully saturated rings. The van der Waals surface area contributed by atoms with Crippen molar-refractivity contribution in [3.63, 3.8) is 0 Å². The van der Waals surface area contributed by atoms with E-state index >= 15 is 0 Å².